The van der Waals surface area contributed by atoms with E-state index in [1.54, 1.807) is 0 Å². The van der Waals surface area contributed by atoms with Crippen LogP contribution in [0.25, 0.3) is 0 Å². The van der Waals surface area contributed by atoms with Gasteiger partial charge in [0.15, 0.2) is 0 Å². The van der Waals surface area contributed by atoms with Crippen LogP contribution >= 0.6 is 0 Å². The Kier molecular flexibility index (Phi) is 3.95. The van der Waals surface area contributed by atoms with Crippen LogP contribution < -0.4 is 10.2 Å². The molecule has 19 heavy (non-hydrogen) atoms. The van der Waals surface area contributed by atoms with E-state index in [4.69, 9.17) is 0 Å². The number of benzene rings is 1. The van der Waals surface area contributed by atoms with Crippen molar-refractivity contribution in [3.8, 4) is 0 Å². The molecule has 1 aliphatic carbocycles. The lowest BCUT2D eigenvalue weighted by Gasteiger charge is -2.30. The monoisotopic (exact) mass is 258 g/mol. The highest BCUT2D eigenvalue weighted by atomic mass is 15.1. The van der Waals surface area contributed by atoms with Crippen molar-refractivity contribution in [1.82, 2.24) is 0 Å². The smallest absolute Gasteiger partial charge is 0.0386 e. The summed E-state index contributed by atoms with van der Waals surface area (Å²) in [5.41, 5.74) is 2.70. The molecule has 1 aromatic rings. The van der Waals surface area contributed by atoms with E-state index in [1.807, 2.05) is 0 Å². The van der Waals surface area contributed by atoms with Gasteiger partial charge in [0.1, 0.15) is 0 Å². The van der Waals surface area contributed by atoms with Gasteiger partial charge in [-0.1, -0.05) is 25.8 Å². The normalized spacial score (nSPS) is 27.5. The van der Waals surface area contributed by atoms with E-state index in [9.17, 15) is 0 Å². The van der Waals surface area contributed by atoms with E-state index in [0.29, 0.717) is 6.04 Å². The molecule has 2 atom stereocenters. The lowest BCUT2D eigenvalue weighted by molar-refractivity contribution is 0.349. The molecule has 0 amide bonds. The summed E-state index contributed by atoms with van der Waals surface area (Å²) in [5, 5.41) is 3.77. The van der Waals surface area contributed by atoms with Gasteiger partial charge < -0.3 is 10.2 Å². The Hall–Kier alpha value is -1.18. The van der Waals surface area contributed by atoms with E-state index in [-0.39, 0.29) is 0 Å². The second kappa shape index (κ2) is 5.85. The fraction of sp³-hybridized carbons (Fsp3) is 0.647. The van der Waals surface area contributed by atoms with Crippen LogP contribution in [0.15, 0.2) is 24.3 Å². The first-order valence-electron chi connectivity index (χ1n) is 7.94. The highest BCUT2D eigenvalue weighted by Crippen LogP contribution is 2.29. The summed E-state index contributed by atoms with van der Waals surface area (Å²) in [6.45, 7) is 4.84. The molecule has 0 aromatic heterocycles. The Labute approximate surface area is 117 Å². The molecule has 0 spiro atoms. The van der Waals surface area contributed by atoms with Gasteiger partial charge in [0.25, 0.3) is 0 Å². The first-order valence-corrected chi connectivity index (χ1v) is 7.94. The minimum Gasteiger partial charge on any atom is -0.382 e. The molecule has 0 radical (unpaired) electrons. The maximum Gasteiger partial charge on any atom is 0.0386 e. The standard InChI is InChI=1S/C17H26N2/c1-14-7-2-3-10-17(14)18-15-8-6-9-16(13-15)19-11-4-5-12-19/h6,8-9,13-14,17-18H,2-5,7,10-12H2,1H3/t14-,17+/m0/s1. The number of rotatable bonds is 3. The number of hydrogen-bond donors (Lipinski definition) is 1. The Morgan fingerprint density at radius 1 is 1.05 bits per heavy atom. The zero-order valence-electron chi connectivity index (χ0n) is 12.1. The average molecular weight is 258 g/mol. The average Bonchev–Trinajstić information content (AvgIpc) is 2.96. The fourth-order valence-corrected chi connectivity index (χ4v) is 3.51. The highest BCUT2D eigenvalue weighted by Gasteiger charge is 2.21. The molecule has 1 saturated heterocycles. The van der Waals surface area contributed by atoms with Crippen LogP contribution in [0.2, 0.25) is 0 Å². The SMILES string of the molecule is C[C@H]1CCCC[C@H]1Nc1cccc(N2CCCC2)c1. The molecule has 1 aromatic carbocycles. The maximum absolute atomic E-state index is 3.77. The summed E-state index contributed by atoms with van der Waals surface area (Å²) in [4.78, 5) is 2.51. The molecule has 0 bridgehead atoms. The van der Waals surface area contributed by atoms with Crippen LogP contribution in [0.3, 0.4) is 0 Å². The molecule has 2 heteroatoms. The van der Waals surface area contributed by atoms with Gasteiger partial charge in [0, 0.05) is 30.5 Å². The van der Waals surface area contributed by atoms with Crippen LogP contribution in [0.1, 0.15) is 45.4 Å². The lowest BCUT2D eigenvalue weighted by atomic mass is 9.86. The predicted octanol–water partition coefficient (Wildman–Crippen LogP) is 4.28. The number of nitrogens with zero attached hydrogens (tertiary/aromatic N) is 1. The predicted molar refractivity (Wildman–Crippen MR) is 82.9 cm³/mol. The van der Waals surface area contributed by atoms with Gasteiger partial charge in [-0.2, -0.15) is 0 Å². The molecule has 2 nitrogen and oxygen atoms in total. The van der Waals surface area contributed by atoms with Crippen LogP contribution in [0.5, 0.6) is 0 Å². The van der Waals surface area contributed by atoms with Gasteiger partial charge in [-0.25, -0.2) is 0 Å². The second-order valence-corrected chi connectivity index (χ2v) is 6.26. The van der Waals surface area contributed by atoms with E-state index < -0.39 is 0 Å². The Balaban J connectivity index is 1.68. The van der Waals surface area contributed by atoms with Crippen LogP contribution in [-0.4, -0.2) is 19.1 Å². The zero-order chi connectivity index (χ0) is 13.1. The van der Waals surface area contributed by atoms with Crippen molar-refractivity contribution >= 4 is 11.4 Å². The summed E-state index contributed by atoms with van der Waals surface area (Å²) in [7, 11) is 0. The first kappa shape index (κ1) is 12.8. The van der Waals surface area contributed by atoms with E-state index in [2.05, 4.69) is 41.4 Å². The van der Waals surface area contributed by atoms with Crippen LogP contribution in [-0.2, 0) is 0 Å². The summed E-state index contributed by atoms with van der Waals surface area (Å²) < 4.78 is 0. The van der Waals surface area contributed by atoms with E-state index >= 15 is 0 Å². The Bertz CT molecular complexity index is 409. The van der Waals surface area contributed by atoms with Crippen molar-refractivity contribution in [2.75, 3.05) is 23.3 Å². The highest BCUT2D eigenvalue weighted by molar-refractivity contribution is 5.58. The van der Waals surface area contributed by atoms with Crippen molar-refractivity contribution in [2.24, 2.45) is 5.92 Å². The lowest BCUT2D eigenvalue weighted by Crippen LogP contribution is -2.30. The third kappa shape index (κ3) is 3.05. The van der Waals surface area contributed by atoms with Gasteiger partial charge in [0.2, 0.25) is 0 Å². The van der Waals surface area contributed by atoms with E-state index in [0.717, 1.165) is 5.92 Å². The van der Waals surface area contributed by atoms with Gasteiger partial charge in [-0.15, -0.1) is 0 Å². The molecule has 0 unspecified atom stereocenters. The van der Waals surface area contributed by atoms with Gasteiger partial charge in [-0.05, 0) is 49.8 Å². The van der Waals surface area contributed by atoms with Gasteiger partial charge in [-0.3, -0.25) is 0 Å². The molecule has 2 fully saturated rings. The second-order valence-electron chi connectivity index (χ2n) is 6.26. The maximum atomic E-state index is 3.77. The quantitative estimate of drug-likeness (QED) is 0.870. The van der Waals surface area contributed by atoms with Gasteiger partial charge in [0.05, 0.1) is 0 Å². The van der Waals surface area contributed by atoms with Crippen molar-refractivity contribution in [2.45, 2.75) is 51.5 Å². The summed E-state index contributed by atoms with van der Waals surface area (Å²) >= 11 is 0. The fourth-order valence-electron chi connectivity index (χ4n) is 3.51. The van der Waals surface area contributed by atoms with Crippen molar-refractivity contribution in [1.29, 1.82) is 0 Å². The number of anilines is 2. The molecule has 1 saturated carbocycles. The minimum atomic E-state index is 0.669. The summed E-state index contributed by atoms with van der Waals surface area (Å²) in [6, 6.07) is 9.68. The zero-order valence-corrected chi connectivity index (χ0v) is 12.1. The molecule has 1 heterocycles. The van der Waals surface area contributed by atoms with Crippen LogP contribution in [0.4, 0.5) is 11.4 Å². The van der Waals surface area contributed by atoms with E-state index in [1.165, 1.54) is 63.0 Å². The van der Waals surface area contributed by atoms with Gasteiger partial charge >= 0.3 is 0 Å². The number of hydrogen-bond acceptors (Lipinski definition) is 2. The third-order valence-corrected chi connectivity index (χ3v) is 4.78. The molecule has 1 N–H and O–H groups in total. The molecule has 1 aliphatic heterocycles. The molecule has 104 valence electrons. The summed E-state index contributed by atoms with van der Waals surface area (Å²) in [5.74, 6) is 0.809. The Morgan fingerprint density at radius 3 is 2.63 bits per heavy atom. The molecular formula is C17H26N2. The topological polar surface area (TPSA) is 15.3 Å². The van der Waals surface area contributed by atoms with Crippen molar-refractivity contribution in [3.63, 3.8) is 0 Å². The Morgan fingerprint density at radius 2 is 1.84 bits per heavy atom. The minimum absolute atomic E-state index is 0.669. The largest absolute Gasteiger partial charge is 0.382 e. The summed E-state index contributed by atoms with van der Waals surface area (Å²) in [6.07, 6.45) is 8.19. The first-order chi connectivity index (χ1) is 9.33. The molecular weight excluding hydrogens is 232 g/mol. The van der Waals surface area contributed by atoms with Crippen molar-refractivity contribution in [3.05, 3.63) is 24.3 Å². The molecule has 2 aliphatic rings. The molecule has 3 rings (SSSR count). The van der Waals surface area contributed by atoms with Crippen molar-refractivity contribution < 1.29 is 0 Å². The van der Waals surface area contributed by atoms with Crippen LogP contribution in [0, 0.1) is 5.92 Å². The third-order valence-electron chi connectivity index (χ3n) is 4.78. The number of nitrogens with one attached hydrogen (secondary N) is 1.